The molecule has 2 amide bonds. The van der Waals surface area contributed by atoms with Gasteiger partial charge in [0, 0.05) is 28.2 Å². The van der Waals surface area contributed by atoms with E-state index in [0.717, 1.165) is 23.3 Å². The van der Waals surface area contributed by atoms with Crippen LogP contribution >= 0.6 is 27.7 Å². The lowest BCUT2D eigenvalue weighted by Crippen LogP contribution is -2.30. The molecule has 0 saturated carbocycles. The highest BCUT2D eigenvalue weighted by molar-refractivity contribution is 9.10. The molecule has 0 bridgehead atoms. The van der Waals surface area contributed by atoms with Crippen LogP contribution < -0.4 is 5.32 Å². The van der Waals surface area contributed by atoms with Gasteiger partial charge in [0.1, 0.15) is 0 Å². The zero-order chi connectivity index (χ0) is 15.4. The summed E-state index contributed by atoms with van der Waals surface area (Å²) in [7, 11) is 0. The van der Waals surface area contributed by atoms with E-state index in [1.165, 1.54) is 10.5 Å². The van der Waals surface area contributed by atoms with E-state index in [4.69, 9.17) is 0 Å². The molecule has 1 unspecified atom stereocenters. The molecule has 1 fully saturated rings. The fourth-order valence-corrected chi connectivity index (χ4v) is 3.60. The van der Waals surface area contributed by atoms with Crippen molar-refractivity contribution in [3.63, 3.8) is 0 Å². The predicted molar refractivity (Wildman–Crippen MR) is 94.2 cm³/mol. The van der Waals surface area contributed by atoms with Gasteiger partial charge < -0.3 is 10.2 Å². The van der Waals surface area contributed by atoms with Gasteiger partial charge in [-0.1, -0.05) is 46.3 Å². The summed E-state index contributed by atoms with van der Waals surface area (Å²) in [5.74, 6) is 0.899. The molecule has 5 heteroatoms. The molecule has 1 aliphatic rings. The van der Waals surface area contributed by atoms with E-state index < -0.39 is 0 Å². The van der Waals surface area contributed by atoms with Crippen LogP contribution in [-0.4, -0.2) is 29.8 Å². The van der Waals surface area contributed by atoms with Gasteiger partial charge in [0.15, 0.2) is 0 Å². The summed E-state index contributed by atoms with van der Waals surface area (Å²) in [5.41, 5.74) is 1.17. The third kappa shape index (κ3) is 3.84. The van der Waals surface area contributed by atoms with Crippen LogP contribution in [0, 0.1) is 0 Å². The number of nitrogens with zero attached hydrogens (tertiary/aromatic N) is 1. The average molecular weight is 377 g/mol. The second-order valence-corrected chi connectivity index (χ2v) is 7.25. The standard InChI is InChI=1S/C17H17BrN2OS/c18-14-6-8-15(9-7-14)22-11-10-20-12-16(19-17(20)21)13-4-2-1-3-5-13/h1-9,16H,10-12H2,(H,19,21). The lowest BCUT2D eigenvalue weighted by molar-refractivity contribution is 0.220. The Balaban J connectivity index is 1.51. The topological polar surface area (TPSA) is 32.3 Å². The first-order valence-electron chi connectivity index (χ1n) is 7.21. The molecule has 3 rings (SSSR count). The highest BCUT2D eigenvalue weighted by Gasteiger charge is 2.28. The fourth-order valence-electron chi connectivity index (χ4n) is 2.46. The lowest BCUT2D eigenvalue weighted by Gasteiger charge is -2.14. The second kappa shape index (κ2) is 7.20. The Morgan fingerprint density at radius 2 is 1.86 bits per heavy atom. The molecule has 2 aromatic carbocycles. The van der Waals surface area contributed by atoms with E-state index in [1.807, 2.05) is 35.2 Å². The summed E-state index contributed by atoms with van der Waals surface area (Å²) in [6.45, 7) is 1.50. The maximum absolute atomic E-state index is 12.0. The smallest absolute Gasteiger partial charge is 0.318 e. The van der Waals surface area contributed by atoms with Crippen molar-refractivity contribution in [1.82, 2.24) is 10.2 Å². The molecule has 0 spiro atoms. The normalized spacial score (nSPS) is 17.6. The highest BCUT2D eigenvalue weighted by Crippen LogP contribution is 2.23. The minimum Gasteiger partial charge on any atom is -0.329 e. The molecule has 0 radical (unpaired) electrons. The number of hydrogen-bond acceptors (Lipinski definition) is 2. The summed E-state index contributed by atoms with van der Waals surface area (Å²) in [6.07, 6.45) is 0. The molecule has 3 nitrogen and oxygen atoms in total. The van der Waals surface area contributed by atoms with Crippen molar-refractivity contribution in [2.24, 2.45) is 0 Å². The third-order valence-corrected chi connectivity index (χ3v) is 5.15. The van der Waals surface area contributed by atoms with Crippen molar-refractivity contribution in [3.8, 4) is 0 Å². The van der Waals surface area contributed by atoms with Gasteiger partial charge in [-0.2, -0.15) is 0 Å². The minimum atomic E-state index is 0.0326. The second-order valence-electron chi connectivity index (χ2n) is 5.16. The first-order chi connectivity index (χ1) is 10.7. The van der Waals surface area contributed by atoms with Gasteiger partial charge >= 0.3 is 6.03 Å². The van der Waals surface area contributed by atoms with Gasteiger partial charge in [-0.25, -0.2) is 4.79 Å². The van der Waals surface area contributed by atoms with Crippen molar-refractivity contribution in [3.05, 3.63) is 64.6 Å². The number of amides is 2. The van der Waals surface area contributed by atoms with Gasteiger partial charge in [0.05, 0.1) is 6.04 Å². The molecule has 1 saturated heterocycles. The van der Waals surface area contributed by atoms with E-state index in [9.17, 15) is 4.79 Å². The van der Waals surface area contributed by atoms with Gasteiger partial charge in [0.2, 0.25) is 0 Å². The Kier molecular flexibility index (Phi) is 5.05. The number of urea groups is 1. The van der Waals surface area contributed by atoms with Crippen LogP contribution in [0.15, 0.2) is 64.0 Å². The van der Waals surface area contributed by atoms with Gasteiger partial charge in [-0.15, -0.1) is 11.8 Å². The van der Waals surface area contributed by atoms with Crippen LogP contribution in [0.4, 0.5) is 4.79 Å². The molecule has 0 aliphatic carbocycles. The van der Waals surface area contributed by atoms with Crippen molar-refractivity contribution in [1.29, 1.82) is 0 Å². The summed E-state index contributed by atoms with van der Waals surface area (Å²) in [5, 5.41) is 3.05. The van der Waals surface area contributed by atoms with E-state index >= 15 is 0 Å². The number of rotatable bonds is 5. The molecule has 1 aliphatic heterocycles. The fraction of sp³-hybridized carbons (Fsp3) is 0.235. The molecular weight excluding hydrogens is 360 g/mol. The molecule has 1 heterocycles. The molecular formula is C17H17BrN2OS. The van der Waals surface area contributed by atoms with E-state index in [-0.39, 0.29) is 12.1 Å². The minimum absolute atomic E-state index is 0.0326. The third-order valence-electron chi connectivity index (χ3n) is 3.63. The van der Waals surface area contributed by atoms with Crippen LogP contribution in [0.2, 0.25) is 0 Å². The number of benzene rings is 2. The van der Waals surface area contributed by atoms with Crippen LogP contribution in [-0.2, 0) is 0 Å². The van der Waals surface area contributed by atoms with E-state index in [1.54, 1.807) is 11.8 Å². The van der Waals surface area contributed by atoms with Gasteiger partial charge in [0.25, 0.3) is 0 Å². The van der Waals surface area contributed by atoms with Crippen molar-refractivity contribution >= 4 is 33.7 Å². The zero-order valence-electron chi connectivity index (χ0n) is 12.0. The summed E-state index contributed by atoms with van der Waals surface area (Å²) in [6, 6.07) is 18.5. The predicted octanol–water partition coefficient (Wildman–Crippen LogP) is 4.31. The number of carbonyl (C=O) groups is 1. The van der Waals surface area contributed by atoms with Crippen LogP contribution in [0.1, 0.15) is 11.6 Å². The van der Waals surface area contributed by atoms with E-state index in [2.05, 4.69) is 45.5 Å². The number of halogens is 1. The summed E-state index contributed by atoms with van der Waals surface area (Å²) < 4.78 is 1.08. The quantitative estimate of drug-likeness (QED) is 0.788. The van der Waals surface area contributed by atoms with E-state index in [0.29, 0.717) is 0 Å². The Bertz CT molecular complexity index is 633. The zero-order valence-corrected chi connectivity index (χ0v) is 14.4. The SMILES string of the molecule is O=C1NC(c2ccccc2)CN1CCSc1ccc(Br)cc1. The molecule has 114 valence electrons. The maximum Gasteiger partial charge on any atom is 0.318 e. The first kappa shape index (κ1) is 15.4. The number of hydrogen-bond donors (Lipinski definition) is 1. The number of carbonyl (C=O) groups excluding carboxylic acids is 1. The Morgan fingerprint density at radius 1 is 1.14 bits per heavy atom. The largest absolute Gasteiger partial charge is 0.329 e. The first-order valence-corrected chi connectivity index (χ1v) is 8.99. The summed E-state index contributed by atoms with van der Waals surface area (Å²) in [4.78, 5) is 15.2. The highest BCUT2D eigenvalue weighted by atomic mass is 79.9. The molecule has 1 atom stereocenters. The average Bonchev–Trinajstić information content (AvgIpc) is 2.91. The molecule has 0 aromatic heterocycles. The number of nitrogens with one attached hydrogen (secondary N) is 1. The molecule has 2 aromatic rings. The van der Waals surface area contributed by atoms with Crippen molar-refractivity contribution in [2.75, 3.05) is 18.8 Å². The summed E-state index contributed by atoms with van der Waals surface area (Å²) >= 11 is 5.21. The Morgan fingerprint density at radius 3 is 2.59 bits per heavy atom. The molecule has 22 heavy (non-hydrogen) atoms. The van der Waals surface area contributed by atoms with Crippen molar-refractivity contribution in [2.45, 2.75) is 10.9 Å². The Labute approximate surface area is 143 Å². The van der Waals surface area contributed by atoms with Crippen LogP contribution in [0.25, 0.3) is 0 Å². The monoisotopic (exact) mass is 376 g/mol. The van der Waals surface area contributed by atoms with Crippen molar-refractivity contribution < 1.29 is 4.79 Å². The number of thioether (sulfide) groups is 1. The Hall–Kier alpha value is -1.46. The van der Waals surface area contributed by atoms with Crippen LogP contribution in [0.5, 0.6) is 0 Å². The lowest BCUT2D eigenvalue weighted by atomic mass is 10.1. The molecule has 1 N–H and O–H groups in total. The van der Waals surface area contributed by atoms with Gasteiger partial charge in [-0.3, -0.25) is 0 Å². The van der Waals surface area contributed by atoms with Gasteiger partial charge in [-0.05, 0) is 29.8 Å². The maximum atomic E-state index is 12.0. The van der Waals surface area contributed by atoms with Crippen LogP contribution in [0.3, 0.4) is 0 Å².